The molecule has 0 N–H and O–H groups in total. The molecule has 0 aliphatic carbocycles. The lowest BCUT2D eigenvalue weighted by molar-refractivity contribution is -0.115. The summed E-state index contributed by atoms with van der Waals surface area (Å²) in [6, 6.07) is 17.5. The van der Waals surface area contributed by atoms with Crippen LogP contribution in [0, 0.1) is 0 Å². The Morgan fingerprint density at radius 1 is 0.880 bits per heavy atom. The average Bonchev–Trinajstić information content (AvgIpc) is 3.05. The molecule has 0 saturated carbocycles. The normalized spacial score (nSPS) is 14.8. The van der Waals surface area contributed by atoms with Gasteiger partial charge in [0, 0.05) is 25.3 Å². The Morgan fingerprint density at radius 2 is 1.40 bits per heavy atom. The fourth-order valence-corrected chi connectivity index (χ4v) is 4.43. The Balaban J connectivity index is 1.84. The van der Waals surface area contributed by atoms with Gasteiger partial charge in [-0.2, -0.15) is 0 Å². The minimum Gasteiger partial charge on any atom is -0.378 e. The highest BCUT2D eigenvalue weighted by molar-refractivity contribution is 8.15. The zero-order valence-corrected chi connectivity index (χ0v) is 14.9. The molecule has 122 valence electrons. The smallest absolute Gasteiger partial charge is 0.257 e. The van der Waals surface area contributed by atoms with E-state index in [-0.39, 0.29) is 5.91 Å². The summed E-state index contributed by atoms with van der Waals surface area (Å²) in [5.41, 5.74) is 2.25. The van der Waals surface area contributed by atoms with Crippen molar-refractivity contribution in [1.29, 1.82) is 0 Å². The maximum Gasteiger partial charge on any atom is 0.257 e. The summed E-state index contributed by atoms with van der Waals surface area (Å²) in [6.45, 7) is 0. The molecule has 0 fully saturated rings. The van der Waals surface area contributed by atoms with E-state index in [9.17, 15) is 4.79 Å². The molecule has 0 radical (unpaired) electrons. The van der Waals surface area contributed by atoms with Crippen molar-refractivity contribution in [1.82, 2.24) is 0 Å². The van der Waals surface area contributed by atoms with Gasteiger partial charge in [0.2, 0.25) is 0 Å². The molecule has 1 amide bonds. The lowest BCUT2D eigenvalue weighted by Crippen LogP contribution is -2.08. The summed E-state index contributed by atoms with van der Waals surface area (Å²) < 4.78 is 0. The Bertz CT molecular complexity index is 1130. The molecule has 4 aromatic rings. The van der Waals surface area contributed by atoms with Gasteiger partial charge >= 0.3 is 0 Å². The van der Waals surface area contributed by atoms with Crippen LogP contribution in [-0.4, -0.2) is 30.8 Å². The van der Waals surface area contributed by atoms with Crippen molar-refractivity contribution in [2.75, 3.05) is 24.7 Å². The van der Waals surface area contributed by atoms with Gasteiger partial charge in [0.15, 0.2) is 0 Å². The van der Waals surface area contributed by atoms with Crippen molar-refractivity contribution in [3.63, 3.8) is 0 Å². The largest absolute Gasteiger partial charge is 0.378 e. The first-order chi connectivity index (χ1) is 12.1. The Hall–Kier alpha value is -2.59. The van der Waals surface area contributed by atoms with Crippen molar-refractivity contribution < 1.29 is 4.79 Å². The number of hydrogen-bond acceptors (Lipinski definition) is 3. The van der Waals surface area contributed by atoms with E-state index in [1.807, 2.05) is 0 Å². The lowest BCUT2D eigenvalue weighted by atomic mass is 9.92. The number of anilines is 1. The third-order valence-electron chi connectivity index (χ3n) is 4.84. The van der Waals surface area contributed by atoms with E-state index < -0.39 is 0 Å². The van der Waals surface area contributed by atoms with E-state index in [0.29, 0.717) is 5.75 Å². The number of rotatable bonds is 2. The number of amides is 1. The van der Waals surface area contributed by atoms with Gasteiger partial charge in [0.1, 0.15) is 5.04 Å². The lowest BCUT2D eigenvalue weighted by Gasteiger charge is -2.17. The summed E-state index contributed by atoms with van der Waals surface area (Å²) in [6.07, 6.45) is 0. The van der Waals surface area contributed by atoms with E-state index >= 15 is 0 Å². The maximum absolute atomic E-state index is 11.5. The number of benzene rings is 4. The number of hydrogen-bond donors (Lipinski definition) is 0. The van der Waals surface area contributed by atoms with Crippen LogP contribution in [0.4, 0.5) is 5.69 Å². The molecule has 0 atom stereocenters. The molecule has 0 bridgehead atoms. The third-order valence-corrected chi connectivity index (χ3v) is 5.83. The molecule has 5 rings (SSSR count). The standard InChI is InChI=1S/C21H16N2OS/c1-23(2)17-9-14-5-3-12-7-16(21-22-18(24)11-25-21)8-13-4-6-15(10-17)20(14)19(12)13/h3-10H,11H2,1-2H3. The topological polar surface area (TPSA) is 32.7 Å². The van der Waals surface area contributed by atoms with Crippen molar-refractivity contribution >= 4 is 60.7 Å². The highest BCUT2D eigenvalue weighted by atomic mass is 32.2. The van der Waals surface area contributed by atoms with Crippen LogP contribution in [0.3, 0.4) is 0 Å². The second-order valence-corrected chi connectivity index (χ2v) is 7.65. The van der Waals surface area contributed by atoms with E-state index in [1.165, 1.54) is 49.8 Å². The summed E-state index contributed by atoms with van der Waals surface area (Å²) in [4.78, 5) is 17.8. The summed E-state index contributed by atoms with van der Waals surface area (Å²) >= 11 is 1.53. The first-order valence-electron chi connectivity index (χ1n) is 8.25. The first kappa shape index (κ1) is 14.7. The number of aliphatic imine (C=N–C) groups is 1. The molecule has 4 aromatic carbocycles. The van der Waals surface area contributed by atoms with Crippen LogP contribution >= 0.6 is 11.8 Å². The predicted molar refractivity (Wildman–Crippen MR) is 108 cm³/mol. The third kappa shape index (κ3) is 2.21. The van der Waals surface area contributed by atoms with Gasteiger partial charge in [-0.25, -0.2) is 4.99 Å². The zero-order valence-electron chi connectivity index (χ0n) is 14.0. The average molecular weight is 344 g/mol. The van der Waals surface area contributed by atoms with Crippen LogP contribution < -0.4 is 4.90 Å². The van der Waals surface area contributed by atoms with Crippen molar-refractivity contribution in [2.45, 2.75) is 0 Å². The van der Waals surface area contributed by atoms with Crippen LogP contribution in [0.15, 0.2) is 53.5 Å². The molecule has 4 heteroatoms. The van der Waals surface area contributed by atoms with E-state index in [1.54, 1.807) is 0 Å². The monoisotopic (exact) mass is 344 g/mol. The molecule has 3 nitrogen and oxygen atoms in total. The highest BCUT2D eigenvalue weighted by Gasteiger charge is 2.18. The molecule has 1 aliphatic heterocycles. The quantitative estimate of drug-likeness (QED) is 0.495. The molecular weight excluding hydrogens is 328 g/mol. The molecule has 1 aliphatic rings. The number of carbonyl (C=O) groups is 1. The van der Waals surface area contributed by atoms with Crippen LogP contribution in [0.1, 0.15) is 5.56 Å². The van der Waals surface area contributed by atoms with E-state index in [2.05, 4.69) is 72.5 Å². The fraction of sp³-hybridized carbons (Fsp3) is 0.143. The first-order valence-corrected chi connectivity index (χ1v) is 9.23. The molecular formula is C21H16N2OS. The second-order valence-electron chi connectivity index (χ2n) is 6.69. The fourth-order valence-electron chi connectivity index (χ4n) is 3.66. The summed E-state index contributed by atoms with van der Waals surface area (Å²) in [7, 11) is 4.14. The zero-order chi connectivity index (χ0) is 17.1. The Labute approximate surface area is 149 Å². The van der Waals surface area contributed by atoms with Gasteiger partial charge in [-0.05, 0) is 56.6 Å². The molecule has 0 spiro atoms. The summed E-state index contributed by atoms with van der Waals surface area (Å²) in [5, 5.41) is 8.36. The van der Waals surface area contributed by atoms with E-state index in [0.717, 1.165) is 10.6 Å². The van der Waals surface area contributed by atoms with Gasteiger partial charge in [0.25, 0.3) is 5.91 Å². The van der Waals surface area contributed by atoms with Crippen molar-refractivity contribution in [3.8, 4) is 0 Å². The molecule has 0 saturated heterocycles. The van der Waals surface area contributed by atoms with Crippen molar-refractivity contribution in [3.05, 3.63) is 54.1 Å². The second kappa shape index (κ2) is 5.20. The number of nitrogens with zero attached hydrogens (tertiary/aromatic N) is 2. The van der Waals surface area contributed by atoms with Gasteiger partial charge < -0.3 is 4.90 Å². The van der Waals surface area contributed by atoms with Crippen LogP contribution in [0.5, 0.6) is 0 Å². The minimum absolute atomic E-state index is 0.0405. The number of thioether (sulfide) groups is 1. The summed E-state index contributed by atoms with van der Waals surface area (Å²) in [5.74, 6) is 0.412. The molecule has 25 heavy (non-hydrogen) atoms. The van der Waals surface area contributed by atoms with Crippen LogP contribution in [-0.2, 0) is 4.79 Å². The predicted octanol–water partition coefficient (Wildman–Crippen LogP) is 4.67. The Morgan fingerprint density at radius 3 is 1.84 bits per heavy atom. The minimum atomic E-state index is -0.0405. The van der Waals surface area contributed by atoms with Gasteiger partial charge in [-0.1, -0.05) is 36.0 Å². The highest BCUT2D eigenvalue weighted by Crippen LogP contribution is 2.38. The van der Waals surface area contributed by atoms with Gasteiger partial charge in [-0.15, -0.1) is 0 Å². The van der Waals surface area contributed by atoms with E-state index in [4.69, 9.17) is 0 Å². The molecule has 0 aromatic heterocycles. The number of carbonyl (C=O) groups excluding carboxylic acids is 1. The van der Waals surface area contributed by atoms with Crippen LogP contribution in [0.2, 0.25) is 0 Å². The Kier molecular flexibility index (Phi) is 3.06. The van der Waals surface area contributed by atoms with Gasteiger partial charge in [-0.3, -0.25) is 4.79 Å². The maximum atomic E-state index is 11.5. The molecule has 0 unspecified atom stereocenters. The molecule has 1 heterocycles. The van der Waals surface area contributed by atoms with Crippen LogP contribution in [0.25, 0.3) is 32.3 Å². The SMILES string of the molecule is CN(C)c1cc2ccc3cc(C4=NC(=O)CS4)cc4ccc(c1)c2c34. The van der Waals surface area contributed by atoms with Crippen molar-refractivity contribution in [2.24, 2.45) is 4.99 Å². The van der Waals surface area contributed by atoms with Gasteiger partial charge in [0.05, 0.1) is 5.75 Å².